The maximum Gasteiger partial charge on any atom is 0.111 e. The van der Waals surface area contributed by atoms with E-state index < -0.39 is 0 Å². The van der Waals surface area contributed by atoms with E-state index in [0.717, 1.165) is 40.1 Å². The van der Waals surface area contributed by atoms with Crippen molar-refractivity contribution in [3.8, 4) is 11.3 Å². The molecule has 102 valence electrons. The summed E-state index contributed by atoms with van der Waals surface area (Å²) in [4.78, 5) is 8.15. The monoisotopic (exact) mass is 321 g/mol. The average molecular weight is 322 g/mol. The Morgan fingerprint density at radius 2 is 2.21 bits per heavy atom. The van der Waals surface area contributed by atoms with Crippen LogP contribution in [0, 0.1) is 6.92 Å². The number of nitrogens with one attached hydrogen (secondary N) is 1. The maximum atomic E-state index is 5.85. The highest BCUT2D eigenvalue weighted by Gasteiger charge is 2.16. The Labute approximate surface area is 122 Å². The summed E-state index contributed by atoms with van der Waals surface area (Å²) in [5.74, 6) is 1.33. The zero-order chi connectivity index (χ0) is 13.8. The van der Waals surface area contributed by atoms with Crippen LogP contribution in [-0.2, 0) is 0 Å². The molecule has 3 N–H and O–H groups in total. The van der Waals surface area contributed by atoms with Crippen molar-refractivity contribution in [1.29, 1.82) is 0 Å². The Hall–Kier alpha value is -1.13. The highest BCUT2D eigenvalue weighted by atomic mass is 79.9. The highest BCUT2D eigenvalue weighted by molar-refractivity contribution is 9.10. The summed E-state index contributed by atoms with van der Waals surface area (Å²) in [6, 6.07) is 8.21. The Balaban J connectivity index is 2.35. The number of aryl methyl sites for hydroxylation is 1. The van der Waals surface area contributed by atoms with Crippen LogP contribution in [0.4, 0.5) is 0 Å². The van der Waals surface area contributed by atoms with E-state index in [1.807, 2.05) is 12.1 Å². The number of hydrogen-bond donors (Lipinski definition) is 2. The molecule has 1 aromatic heterocycles. The summed E-state index contributed by atoms with van der Waals surface area (Å²) in [6.07, 6.45) is 2.19. The molecule has 0 aliphatic rings. The van der Waals surface area contributed by atoms with Crippen molar-refractivity contribution in [3.05, 3.63) is 40.3 Å². The van der Waals surface area contributed by atoms with Crippen molar-refractivity contribution in [2.24, 2.45) is 5.73 Å². The van der Waals surface area contributed by atoms with Crippen LogP contribution in [0.3, 0.4) is 0 Å². The van der Waals surface area contributed by atoms with Crippen LogP contribution >= 0.6 is 15.9 Å². The van der Waals surface area contributed by atoms with Crippen molar-refractivity contribution >= 4 is 15.9 Å². The van der Waals surface area contributed by atoms with Gasteiger partial charge in [0.15, 0.2) is 0 Å². The molecule has 1 aromatic carbocycles. The molecule has 1 heterocycles. The first kappa shape index (κ1) is 14.3. The molecule has 0 aliphatic heterocycles. The second-order valence-electron chi connectivity index (χ2n) is 4.83. The number of aromatic amines is 1. The second-order valence-corrected chi connectivity index (χ2v) is 5.74. The van der Waals surface area contributed by atoms with Crippen LogP contribution in [0.15, 0.2) is 28.7 Å². The second kappa shape index (κ2) is 6.35. The van der Waals surface area contributed by atoms with Gasteiger partial charge in [-0.05, 0) is 25.5 Å². The first-order valence-electron chi connectivity index (χ1n) is 6.68. The van der Waals surface area contributed by atoms with Crippen LogP contribution in [0.2, 0.25) is 0 Å². The van der Waals surface area contributed by atoms with Gasteiger partial charge in [-0.15, -0.1) is 0 Å². The minimum Gasteiger partial charge on any atom is -0.345 e. The van der Waals surface area contributed by atoms with Gasteiger partial charge in [0.1, 0.15) is 5.82 Å². The fourth-order valence-corrected chi connectivity index (χ4v) is 2.71. The van der Waals surface area contributed by atoms with Gasteiger partial charge < -0.3 is 10.7 Å². The number of aromatic nitrogens is 2. The van der Waals surface area contributed by atoms with Gasteiger partial charge in [-0.2, -0.15) is 0 Å². The lowest BCUT2D eigenvalue weighted by Gasteiger charge is -2.09. The lowest BCUT2D eigenvalue weighted by molar-refractivity contribution is 0.594. The smallest absolute Gasteiger partial charge is 0.111 e. The highest BCUT2D eigenvalue weighted by Crippen LogP contribution is 2.27. The largest absolute Gasteiger partial charge is 0.345 e. The molecule has 0 aliphatic carbocycles. The summed E-state index contributed by atoms with van der Waals surface area (Å²) < 4.78 is 1.07. The molecule has 1 atom stereocenters. The molecular weight excluding hydrogens is 302 g/mol. The molecule has 19 heavy (non-hydrogen) atoms. The van der Waals surface area contributed by atoms with Crippen molar-refractivity contribution in [2.45, 2.75) is 32.6 Å². The Morgan fingerprint density at radius 3 is 2.84 bits per heavy atom. The Morgan fingerprint density at radius 1 is 1.42 bits per heavy atom. The van der Waals surface area contributed by atoms with E-state index in [9.17, 15) is 0 Å². The number of H-pyrrole nitrogens is 1. The number of hydrogen-bond acceptors (Lipinski definition) is 2. The van der Waals surface area contributed by atoms with Crippen LogP contribution in [-0.4, -0.2) is 16.5 Å². The number of imidazole rings is 1. The van der Waals surface area contributed by atoms with Crippen LogP contribution < -0.4 is 5.73 Å². The van der Waals surface area contributed by atoms with E-state index in [2.05, 4.69) is 46.9 Å². The van der Waals surface area contributed by atoms with Gasteiger partial charge in [0.05, 0.1) is 5.69 Å². The number of nitrogens with zero attached hydrogens (tertiary/aromatic N) is 1. The third kappa shape index (κ3) is 3.25. The number of rotatable bonds is 5. The summed E-state index contributed by atoms with van der Waals surface area (Å²) in [6.45, 7) is 4.87. The zero-order valence-electron chi connectivity index (χ0n) is 11.4. The van der Waals surface area contributed by atoms with Gasteiger partial charge in [0.2, 0.25) is 0 Å². The number of nitrogens with two attached hydrogens (primary N) is 1. The van der Waals surface area contributed by atoms with Crippen LogP contribution in [0.25, 0.3) is 11.3 Å². The molecule has 0 bridgehead atoms. The molecule has 0 fully saturated rings. The summed E-state index contributed by atoms with van der Waals surface area (Å²) in [5, 5.41) is 0. The molecular formula is C15H20BrN3. The normalized spacial score (nSPS) is 12.6. The van der Waals surface area contributed by atoms with E-state index in [1.54, 1.807) is 0 Å². The molecule has 4 heteroatoms. The van der Waals surface area contributed by atoms with Crippen molar-refractivity contribution in [1.82, 2.24) is 9.97 Å². The van der Waals surface area contributed by atoms with Gasteiger partial charge in [-0.1, -0.05) is 41.4 Å². The molecule has 0 spiro atoms. The van der Waals surface area contributed by atoms with E-state index in [-0.39, 0.29) is 0 Å². The van der Waals surface area contributed by atoms with Crippen LogP contribution in [0.5, 0.6) is 0 Å². The fraction of sp³-hybridized carbons (Fsp3) is 0.400. The van der Waals surface area contributed by atoms with Gasteiger partial charge in [-0.25, -0.2) is 4.98 Å². The SMILES string of the molecule is CCCC(CN)c1nc(-c2cccc(Br)c2)c(C)[nH]1. The molecule has 0 saturated carbocycles. The van der Waals surface area contributed by atoms with Gasteiger partial charge in [-0.3, -0.25) is 0 Å². The van der Waals surface area contributed by atoms with Gasteiger partial charge in [0, 0.05) is 28.2 Å². The van der Waals surface area contributed by atoms with Gasteiger partial charge in [0.25, 0.3) is 0 Å². The van der Waals surface area contributed by atoms with Crippen molar-refractivity contribution in [3.63, 3.8) is 0 Å². The third-order valence-corrected chi connectivity index (χ3v) is 3.80. The Bertz CT molecular complexity index is 548. The molecule has 2 rings (SSSR count). The number of halogens is 1. The summed E-state index contributed by atoms with van der Waals surface area (Å²) in [7, 11) is 0. The molecule has 0 radical (unpaired) electrons. The number of benzene rings is 1. The van der Waals surface area contributed by atoms with Gasteiger partial charge >= 0.3 is 0 Å². The lowest BCUT2D eigenvalue weighted by atomic mass is 10.0. The van der Waals surface area contributed by atoms with Crippen molar-refractivity contribution < 1.29 is 0 Å². The fourth-order valence-electron chi connectivity index (χ4n) is 2.31. The third-order valence-electron chi connectivity index (χ3n) is 3.31. The van der Waals surface area contributed by atoms with Crippen LogP contribution in [0.1, 0.15) is 37.2 Å². The predicted octanol–water partition coefficient (Wildman–Crippen LogP) is 3.99. The molecule has 0 saturated heterocycles. The first-order valence-corrected chi connectivity index (χ1v) is 7.47. The maximum absolute atomic E-state index is 5.85. The summed E-state index contributed by atoms with van der Waals surface area (Å²) in [5.41, 5.74) is 9.09. The molecule has 1 unspecified atom stereocenters. The average Bonchev–Trinajstić information content (AvgIpc) is 2.78. The summed E-state index contributed by atoms with van der Waals surface area (Å²) >= 11 is 3.50. The molecule has 0 amide bonds. The zero-order valence-corrected chi connectivity index (χ0v) is 13.0. The standard InChI is InChI=1S/C15H20BrN3/c1-3-5-12(9-17)15-18-10(2)14(19-15)11-6-4-7-13(16)8-11/h4,6-8,12H,3,5,9,17H2,1-2H3,(H,18,19). The Kier molecular flexibility index (Phi) is 4.77. The topological polar surface area (TPSA) is 54.7 Å². The quantitative estimate of drug-likeness (QED) is 0.874. The van der Waals surface area contributed by atoms with E-state index in [4.69, 9.17) is 10.7 Å². The lowest BCUT2D eigenvalue weighted by Crippen LogP contribution is -2.13. The predicted molar refractivity (Wildman–Crippen MR) is 83.2 cm³/mol. The van der Waals surface area contributed by atoms with Crippen molar-refractivity contribution in [2.75, 3.05) is 6.54 Å². The minimum absolute atomic E-state index is 0.324. The molecule has 3 nitrogen and oxygen atoms in total. The first-order chi connectivity index (χ1) is 9.15. The van der Waals surface area contributed by atoms with E-state index >= 15 is 0 Å². The minimum atomic E-state index is 0.324. The molecule has 2 aromatic rings. The van der Waals surface area contributed by atoms with E-state index in [1.165, 1.54) is 0 Å². The van der Waals surface area contributed by atoms with E-state index in [0.29, 0.717) is 12.5 Å².